The summed E-state index contributed by atoms with van der Waals surface area (Å²) in [6.45, 7) is 2.50. The molecule has 40 heavy (non-hydrogen) atoms. The van der Waals surface area contributed by atoms with Crippen LogP contribution in [0.2, 0.25) is 0 Å². The van der Waals surface area contributed by atoms with E-state index in [9.17, 15) is 19.5 Å². The molecular weight excluding hydrogens is 508 g/mol. The van der Waals surface area contributed by atoms with E-state index in [-0.39, 0.29) is 23.6 Å². The molecule has 0 amide bonds. The summed E-state index contributed by atoms with van der Waals surface area (Å²) in [7, 11) is 0. The third-order valence-electron chi connectivity index (χ3n) is 7.54. The Balaban J connectivity index is 1.73. The number of hydrogen-bond acceptors (Lipinski definition) is 7. The molecule has 1 aliphatic rings. The second-order valence-corrected chi connectivity index (χ2v) is 10.8. The first-order valence-corrected chi connectivity index (χ1v) is 14.4. The summed E-state index contributed by atoms with van der Waals surface area (Å²) in [5.41, 5.74) is 7.66. The summed E-state index contributed by atoms with van der Waals surface area (Å²) >= 11 is 0. The van der Waals surface area contributed by atoms with Crippen LogP contribution in [0.1, 0.15) is 70.3 Å². The van der Waals surface area contributed by atoms with Gasteiger partial charge >= 0.3 is 5.97 Å². The summed E-state index contributed by atoms with van der Waals surface area (Å²) in [6.07, 6.45) is 15.3. The lowest BCUT2D eigenvalue weighted by Crippen LogP contribution is -2.48. The minimum absolute atomic E-state index is 0.116. The van der Waals surface area contributed by atoms with Crippen molar-refractivity contribution in [1.29, 1.82) is 0 Å². The van der Waals surface area contributed by atoms with Gasteiger partial charge in [-0.3, -0.25) is 9.79 Å². The van der Waals surface area contributed by atoms with Crippen molar-refractivity contribution in [2.24, 2.45) is 22.6 Å². The number of nitrogens with one attached hydrogen (secondary N) is 4. The molecule has 2 aromatic rings. The van der Waals surface area contributed by atoms with Gasteiger partial charge < -0.3 is 36.2 Å². The molecule has 1 aliphatic heterocycles. The third-order valence-corrected chi connectivity index (χ3v) is 7.54. The molecule has 7 N–H and O–H groups in total. The van der Waals surface area contributed by atoms with E-state index in [1.54, 1.807) is 12.3 Å². The fourth-order valence-electron chi connectivity index (χ4n) is 5.35. The van der Waals surface area contributed by atoms with Crippen molar-refractivity contribution < 1.29 is 14.7 Å². The Hall–Kier alpha value is -3.82. The van der Waals surface area contributed by atoms with Crippen molar-refractivity contribution in [1.82, 2.24) is 15.3 Å². The van der Waals surface area contributed by atoms with Crippen LogP contribution in [-0.4, -0.2) is 51.9 Å². The van der Waals surface area contributed by atoms with Crippen molar-refractivity contribution in [3.63, 3.8) is 0 Å². The van der Waals surface area contributed by atoms with Gasteiger partial charge in [-0.1, -0.05) is 45.1 Å². The van der Waals surface area contributed by atoms with Crippen LogP contribution in [0.5, 0.6) is 0 Å². The quantitative estimate of drug-likeness (QED) is 0.0924. The van der Waals surface area contributed by atoms with Gasteiger partial charge in [-0.2, -0.15) is 0 Å². The van der Waals surface area contributed by atoms with E-state index in [0.29, 0.717) is 24.8 Å². The number of pyridine rings is 1. The van der Waals surface area contributed by atoms with Gasteiger partial charge in [0.2, 0.25) is 5.56 Å². The van der Waals surface area contributed by atoms with Crippen molar-refractivity contribution >= 4 is 24.0 Å². The number of carbonyl (C=O) groups is 2. The monoisotopic (exact) mass is 552 g/mol. The number of aliphatic carboxylic acids is 1. The summed E-state index contributed by atoms with van der Waals surface area (Å²) in [5, 5.41) is 16.4. The SMILES string of the molecule is C[C@H](C=O)CCCCCC[C@H](CC[C@@H](Nc1ccc[nH]1)/C(=C/C(=O)O)[C@@H]1CCN=C(N)N1)Cc1ccc(=O)[nH]c1. The predicted octanol–water partition coefficient (Wildman–Crippen LogP) is 3.99. The Morgan fingerprint density at radius 2 is 1.95 bits per heavy atom. The van der Waals surface area contributed by atoms with Crippen LogP contribution in [0.25, 0.3) is 0 Å². The Morgan fingerprint density at radius 3 is 2.60 bits per heavy atom. The lowest BCUT2D eigenvalue weighted by atomic mass is 9.85. The number of H-pyrrole nitrogens is 2. The molecule has 4 atom stereocenters. The van der Waals surface area contributed by atoms with Gasteiger partial charge in [0.25, 0.3) is 0 Å². The highest BCUT2D eigenvalue weighted by Crippen LogP contribution is 2.27. The Bertz CT molecular complexity index is 1150. The Labute approximate surface area is 235 Å². The molecule has 0 fully saturated rings. The fourth-order valence-corrected chi connectivity index (χ4v) is 5.35. The van der Waals surface area contributed by atoms with Crippen molar-refractivity contribution in [3.8, 4) is 0 Å². The number of nitrogens with zero attached hydrogens (tertiary/aromatic N) is 1. The smallest absolute Gasteiger partial charge is 0.328 e. The molecule has 0 spiro atoms. The van der Waals surface area contributed by atoms with Crippen LogP contribution < -0.4 is 21.9 Å². The van der Waals surface area contributed by atoms with E-state index in [2.05, 4.69) is 25.6 Å². The highest BCUT2D eigenvalue weighted by Gasteiger charge is 2.27. The first-order chi connectivity index (χ1) is 19.3. The van der Waals surface area contributed by atoms with E-state index in [0.717, 1.165) is 81.0 Å². The number of unbranched alkanes of at least 4 members (excludes halogenated alkanes) is 3. The Morgan fingerprint density at radius 1 is 1.15 bits per heavy atom. The second-order valence-electron chi connectivity index (χ2n) is 10.8. The van der Waals surface area contributed by atoms with Gasteiger partial charge in [-0.15, -0.1) is 0 Å². The third kappa shape index (κ3) is 10.7. The van der Waals surface area contributed by atoms with E-state index in [4.69, 9.17) is 5.73 Å². The van der Waals surface area contributed by atoms with Crippen LogP contribution in [0.4, 0.5) is 5.82 Å². The molecule has 10 heteroatoms. The molecule has 218 valence electrons. The number of nitrogens with two attached hydrogens (primary N) is 1. The number of rotatable bonds is 18. The fraction of sp³-hybridized carbons (Fsp3) is 0.533. The highest BCUT2D eigenvalue weighted by molar-refractivity contribution is 5.83. The highest BCUT2D eigenvalue weighted by atomic mass is 16.4. The van der Waals surface area contributed by atoms with Crippen LogP contribution in [-0.2, 0) is 16.0 Å². The molecule has 3 heterocycles. The van der Waals surface area contributed by atoms with E-state index < -0.39 is 5.97 Å². The first-order valence-electron chi connectivity index (χ1n) is 14.4. The topological polar surface area (TPSA) is 165 Å². The van der Waals surface area contributed by atoms with Gasteiger partial charge in [-0.05, 0) is 61.3 Å². The van der Waals surface area contributed by atoms with Gasteiger partial charge in [0.15, 0.2) is 5.96 Å². The van der Waals surface area contributed by atoms with Gasteiger partial charge in [0.1, 0.15) is 12.1 Å². The van der Waals surface area contributed by atoms with Gasteiger partial charge in [0, 0.05) is 37.0 Å². The van der Waals surface area contributed by atoms with Crippen LogP contribution in [0.3, 0.4) is 0 Å². The average Bonchev–Trinajstić information content (AvgIpc) is 3.45. The molecule has 0 saturated heterocycles. The molecule has 10 nitrogen and oxygen atoms in total. The second kappa shape index (κ2) is 16.3. The molecule has 0 bridgehead atoms. The van der Waals surface area contributed by atoms with Crippen molar-refractivity contribution in [3.05, 3.63) is 64.2 Å². The standard InChI is InChI=1S/C30H44N6O4/c1-21(20-37)7-4-2-3-5-8-22(17-23-11-13-28(38)34-19-23)10-12-25(35-27-9-6-15-32-27)24(18-29(39)40)26-14-16-33-30(31)36-26/h6,9,11,13,15,18-22,25-26,32,35H,2-5,7-8,10,12,14,16-17H2,1H3,(H,34,38)(H,39,40)(H3,31,33,36)/b24-18-/t21-,22+,25+,26-/m0/s1. The number of aromatic amines is 2. The molecule has 0 saturated carbocycles. The number of guanidine groups is 1. The number of carboxylic acids is 1. The predicted molar refractivity (Wildman–Crippen MR) is 158 cm³/mol. The summed E-state index contributed by atoms with van der Waals surface area (Å²) in [4.78, 5) is 44.5. The number of aromatic nitrogens is 2. The van der Waals surface area contributed by atoms with Crippen molar-refractivity contribution in [2.45, 2.75) is 83.2 Å². The molecule has 0 radical (unpaired) electrons. The average molecular weight is 553 g/mol. The molecular formula is C30H44N6O4. The zero-order chi connectivity index (χ0) is 28.7. The zero-order valence-electron chi connectivity index (χ0n) is 23.4. The largest absolute Gasteiger partial charge is 0.478 e. The van der Waals surface area contributed by atoms with E-state index in [1.165, 1.54) is 6.08 Å². The van der Waals surface area contributed by atoms with E-state index in [1.807, 2.05) is 31.3 Å². The molecule has 0 aromatic carbocycles. The normalized spacial score (nSPS) is 17.8. The van der Waals surface area contributed by atoms with Crippen molar-refractivity contribution in [2.75, 3.05) is 11.9 Å². The van der Waals surface area contributed by atoms with Crippen LogP contribution in [0, 0.1) is 11.8 Å². The number of aldehydes is 1. The first kappa shape index (κ1) is 30.7. The number of hydrogen-bond donors (Lipinski definition) is 6. The lowest BCUT2D eigenvalue weighted by molar-refractivity contribution is -0.131. The van der Waals surface area contributed by atoms with Crippen LogP contribution >= 0.6 is 0 Å². The maximum Gasteiger partial charge on any atom is 0.328 e. The maximum absolute atomic E-state index is 11.9. The molecule has 0 unspecified atom stereocenters. The summed E-state index contributed by atoms with van der Waals surface area (Å²) in [5.74, 6) is 0.616. The number of carboxylic acid groups (broad SMARTS) is 1. The van der Waals surface area contributed by atoms with Gasteiger partial charge in [0.05, 0.1) is 12.1 Å². The van der Waals surface area contributed by atoms with Gasteiger partial charge in [-0.25, -0.2) is 4.79 Å². The molecule has 3 rings (SSSR count). The number of anilines is 1. The summed E-state index contributed by atoms with van der Waals surface area (Å²) < 4.78 is 0. The van der Waals surface area contributed by atoms with Crippen LogP contribution in [0.15, 0.2) is 58.1 Å². The minimum Gasteiger partial charge on any atom is -0.478 e. The number of carbonyl (C=O) groups excluding carboxylic acids is 1. The molecule has 2 aromatic heterocycles. The number of aliphatic imine (C=N–C) groups is 1. The maximum atomic E-state index is 11.9. The Kier molecular flexibility index (Phi) is 12.5. The molecule has 0 aliphatic carbocycles. The minimum atomic E-state index is -0.996. The lowest BCUT2D eigenvalue weighted by Gasteiger charge is -2.32. The summed E-state index contributed by atoms with van der Waals surface area (Å²) in [6, 6.07) is 6.81. The van der Waals surface area contributed by atoms with E-state index >= 15 is 0 Å². The zero-order valence-corrected chi connectivity index (χ0v) is 23.4.